The average Bonchev–Trinajstić information content (AvgIpc) is 3.28. The molecule has 3 N–H and O–H groups in total. The number of nitrogens with two attached hydrogens (primary N) is 1. The van der Waals surface area contributed by atoms with Crippen LogP contribution in [0.3, 0.4) is 0 Å². The van der Waals surface area contributed by atoms with Gasteiger partial charge in [0.1, 0.15) is 5.75 Å². The molecule has 2 heterocycles. The van der Waals surface area contributed by atoms with Crippen LogP contribution < -0.4 is 15.8 Å². The fourth-order valence-corrected chi connectivity index (χ4v) is 4.27. The Hall–Kier alpha value is -1.63. The van der Waals surface area contributed by atoms with Crippen molar-refractivity contribution < 1.29 is 9.53 Å². The van der Waals surface area contributed by atoms with Gasteiger partial charge in [0, 0.05) is 29.8 Å². The number of benzene rings is 1. The predicted octanol–water partition coefficient (Wildman–Crippen LogP) is 3.62. The molecule has 0 radical (unpaired) electrons. The van der Waals surface area contributed by atoms with E-state index < -0.39 is 0 Å². The lowest BCUT2D eigenvalue weighted by Crippen LogP contribution is -2.28. The number of amides is 1. The first-order valence-electron chi connectivity index (χ1n) is 8.46. The first kappa shape index (κ1) is 18.2. The number of nitrogens with one attached hydrogen (secondary N) is 1. The van der Waals surface area contributed by atoms with Crippen LogP contribution in [0.5, 0.6) is 5.75 Å². The summed E-state index contributed by atoms with van der Waals surface area (Å²) in [6, 6.07) is 6.30. The Labute approximate surface area is 157 Å². The van der Waals surface area contributed by atoms with Crippen LogP contribution in [0.1, 0.15) is 31.2 Å². The summed E-state index contributed by atoms with van der Waals surface area (Å²) < 4.78 is 5.53. The van der Waals surface area contributed by atoms with Gasteiger partial charge in [-0.2, -0.15) is 0 Å². The Morgan fingerprint density at radius 3 is 3.08 bits per heavy atom. The molecule has 134 valence electrons. The molecule has 0 bridgehead atoms. The Balaban J connectivity index is 0.00000182. The first-order chi connectivity index (χ1) is 11.7. The number of nitrogens with zero attached hydrogens (tertiary/aromatic N) is 1. The number of rotatable bonds is 4. The second-order valence-electron chi connectivity index (χ2n) is 6.57. The van der Waals surface area contributed by atoms with Crippen molar-refractivity contribution in [2.75, 3.05) is 11.9 Å². The van der Waals surface area contributed by atoms with Crippen molar-refractivity contribution in [3.05, 3.63) is 29.1 Å². The van der Waals surface area contributed by atoms with E-state index in [-0.39, 0.29) is 24.4 Å². The van der Waals surface area contributed by atoms with Crippen molar-refractivity contribution in [3.8, 4) is 17.0 Å². The molecule has 2 atom stereocenters. The highest BCUT2D eigenvalue weighted by Gasteiger charge is 2.26. The Bertz CT molecular complexity index is 765. The number of halogens is 1. The molecule has 2 aromatic rings. The fourth-order valence-electron chi connectivity index (χ4n) is 3.54. The van der Waals surface area contributed by atoms with Gasteiger partial charge in [0.25, 0.3) is 0 Å². The second kappa shape index (κ2) is 7.72. The van der Waals surface area contributed by atoms with Crippen LogP contribution in [0.4, 0.5) is 5.13 Å². The minimum atomic E-state index is 0. The molecule has 1 saturated carbocycles. The highest BCUT2D eigenvalue weighted by molar-refractivity contribution is 7.14. The summed E-state index contributed by atoms with van der Waals surface area (Å²) in [5, 5.41) is 5.55. The van der Waals surface area contributed by atoms with Gasteiger partial charge in [-0.25, -0.2) is 4.98 Å². The molecule has 1 amide bonds. The van der Waals surface area contributed by atoms with Gasteiger partial charge >= 0.3 is 0 Å². The monoisotopic (exact) mass is 379 g/mol. The number of carbonyl (C=O) groups is 1. The van der Waals surface area contributed by atoms with Crippen LogP contribution >= 0.6 is 23.7 Å². The molecule has 0 saturated heterocycles. The van der Waals surface area contributed by atoms with Crippen LogP contribution in [0.15, 0.2) is 23.6 Å². The van der Waals surface area contributed by atoms with Crippen molar-refractivity contribution in [2.24, 2.45) is 11.7 Å². The van der Waals surface area contributed by atoms with Gasteiger partial charge < -0.3 is 15.8 Å². The molecule has 1 fully saturated rings. The summed E-state index contributed by atoms with van der Waals surface area (Å²) >= 11 is 1.46. The summed E-state index contributed by atoms with van der Waals surface area (Å²) in [5.41, 5.74) is 9.22. The normalized spacial score (nSPS) is 21.3. The van der Waals surface area contributed by atoms with E-state index >= 15 is 0 Å². The van der Waals surface area contributed by atoms with E-state index in [4.69, 9.17) is 10.5 Å². The van der Waals surface area contributed by atoms with Crippen LogP contribution in [0.25, 0.3) is 11.3 Å². The minimum Gasteiger partial charge on any atom is -0.493 e. The molecule has 4 rings (SSSR count). The molecule has 1 aromatic carbocycles. The third-order valence-corrected chi connectivity index (χ3v) is 5.66. The van der Waals surface area contributed by atoms with E-state index in [0.717, 1.165) is 49.3 Å². The Morgan fingerprint density at radius 2 is 2.28 bits per heavy atom. The Morgan fingerprint density at radius 1 is 1.40 bits per heavy atom. The topological polar surface area (TPSA) is 77.2 Å². The van der Waals surface area contributed by atoms with Gasteiger partial charge in [-0.05, 0) is 42.5 Å². The second-order valence-corrected chi connectivity index (χ2v) is 7.42. The lowest BCUT2D eigenvalue weighted by atomic mass is 10.00. The van der Waals surface area contributed by atoms with Crippen molar-refractivity contribution >= 4 is 34.8 Å². The van der Waals surface area contributed by atoms with Gasteiger partial charge in [0.05, 0.1) is 12.3 Å². The highest BCUT2D eigenvalue weighted by atomic mass is 35.5. The van der Waals surface area contributed by atoms with E-state index in [2.05, 4.69) is 16.4 Å². The maximum absolute atomic E-state index is 12.2. The number of fused-ring (bicyclic) bond motifs is 1. The predicted molar refractivity (Wildman–Crippen MR) is 103 cm³/mol. The Kier molecular flexibility index (Phi) is 5.61. The molecule has 2 aliphatic rings. The van der Waals surface area contributed by atoms with E-state index in [9.17, 15) is 4.79 Å². The van der Waals surface area contributed by atoms with Gasteiger partial charge in [-0.1, -0.05) is 6.42 Å². The standard InChI is InChI=1S/C18H21N3O2S.ClH/c19-14-3-1-2-11(14)9-17(22)21-18-20-15(10-24-18)12-4-5-16-13(8-12)6-7-23-16;/h4-5,8,10-11,14H,1-3,6-7,9,19H2,(H,20,21,22);1H/t11-,14+;/m0./s1. The molecule has 1 aliphatic heterocycles. The van der Waals surface area contributed by atoms with Crippen molar-refractivity contribution in [3.63, 3.8) is 0 Å². The summed E-state index contributed by atoms with van der Waals surface area (Å²) in [4.78, 5) is 16.8. The molecule has 0 unspecified atom stereocenters. The van der Waals surface area contributed by atoms with Gasteiger partial charge in [-0.3, -0.25) is 4.79 Å². The van der Waals surface area contributed by atoms with Crippen LogP contribution in [0, 0.1) is 5.92 Å². The summed E-state index contributed by atoms with van der Waals surface area (Å²) in [7, 11) is 0. The molecule has 25 heavy (non-hydrogen) atoms. The maximum Gasteiger partial charge on any atom is 0.226 e. The number of hydrogen-bond donors (Lipinski definition) is 2. The largest absolute Gasteiger partial charge is 0.493 e. The zero-order valence-electron chi connectivity index (χ0n) is 13.9. The molecule has 0 spiro atoms. The van der Waals surface area contributed by atoms with Crippen LogP contribution in [-0.2, 0) is 11.2 Å². The minimum absolute atomic E-state index is 0. The molecule has 1 aromatic heterocycles. The van der Waals surface area contributed by atoms with E-state index in [1.165, 1.54) is 16.9 Å². The van der Waals surface area contributed by atoms with E-state index in [1.807, 2.05) is 17.5 Å². The summed E-state index contributed by atoms with van der Waals surface area (Å²) in [6.45, 7) is 0.750. The molecular weight excluding hydrogens is 358 g/mol. The number of anilines is 1. The van der Waals surface area contributed by atoms with Gasteiger partial charge in [0.15, 0.2) is 5.13 Å². The molecule has 1 aliphatic carbocycles. The average molecular weight is 380 g/mol. The van der Waals surface area contributed by atoms with E-state index in [1.54, 1.807) is 0 Å². The fraction of sp³-hybridized carbons (Fsp3) is 0.444. The number of thiazole rings is 1. The lowest BCUT2D eigenvalue weighted by Gasteiger charge is -2.13. The molecular formula is C18H22ClN3O2S. The number of carbonyl (C=O) groups excluding carboxylic acids is 1. The van der Waals surface area contributed by atoms with Crippen LogP contribution in [-0.4, -0.2) is 23.5 Å². The van der Waals surface area contributed by atoms with Crippen molar-refractivity contribution in [1.29, 1.82) is 0 Å². The number of ether oxygens (including phenoxy) is 1. The van der Waals surface area contributed by atoms with Crippen molar-refractivity contribution in [2.45, 2.75) is 38.1 Å². The van der Waals surface area contributed by atoms with E-state index in [0.29, 0.717) is 17.5 Å². The quantitative estimate of drug-likeness (QED) is 0.850. The maximum atomic E-state index is 12.2. The van der Waals surface area contributed by atoms with Crippen LogP contribution in [0.2, 0.25) is 0 Å². The molecule has 7 heteroatoms. The van der Waals surface area contributed by atoms with Crippen molar-refractivity contribution in [1.82, 2.24) is 4.98 Å². The SMILES string of the molecule is Cl.N[C@@H]1CCC[C@H]1CC(=O)Nc1nc(-c2ccc3c(c2)CCO3)cs1. The smallest absolute Gasteiger partial charge is 0.226 e. The lowest BCUT2D eigenvalue weighted by molar-refractivity contribution is -0.117. The highest BCUT2D eigenvalue weighted by Crippen LogP contribution is 2.32. The number of aromatic nitrogens is 1. The first-order valence-corrected chi connectivity index (χ1v) is 9.34. The summed E-state index contributed by atoms with van der Waals surface area (Å²) in [6.07, 6.45) is 4.64. The van der Waals surface area contributed by atoms with Gasteiger partial charge in [-0.15, -0.1) is 23.7 Å². The number of hydrogen-bond acceptors (Lipinski definition) is 5. The van der Waals surface area contributed by atoms with Gasteiger partial charge in [0.2, 0.25) is 5.91 Å². The molecule has 5 nitrogen and oxygen atoms in total. The summed E-state index contributed by atoms with van der Waals surface area (Å²) in [5.74, 6) is 1.29. The zero-order chi connectivity index (χ0) is 16.5. The third-order valence-electron chi connectivity index (χ3n) is 4.90. The zero-order valence-corrected chi connectivity index (χ0v) is 15.5. The third kappa shape index (κ3) is 3.97.